The van der Waals surface area contributed by atoms with E-state index in [0.29, 0.717) is 50.7 Å². The van der Waals surface area contributed by atoms with Crippen LogP contribution in [0.5, 0.6) is 0 Å². The van der Waals surface area contributed by atoms with Crippen LogP contribution in [0.2, 0.25) is 0 Å². The number of fused-ring (bicyclic) bond motifs is 6. The molecule has 8 nitrogen and oxygen atoms in total. The van der Waals surface area contributed by atoms with Gasteiger partial charge in [-0.25, -0.2) is 14.5 Å². The van der Waals surface area contributed by atoms with Crippen molar-refractivity contribution in [1.82, 2.24) is 14.1 Å². The molecule has 0 amide bonds. The Morgan fingerprint density at radius 2 is 1.00 bits per heavy atom. The molecule has 218 valence electrons. The van der Waals surface area contributed by atoms with E-state index in [-0.39, 0.29) is 0 Å². The first kappa shape index (κ1) is 27.8. The highest BCUT2D eigenvalue weighted by Gasteiger charge is 2.24. The van der Waals surface area contributed by atoms with E-state index in [9.17, 15) is 10.5 Å². The molecule has 0 fully saturated rings. The number of nitrogens with zero attached hydrogens (tertiary/aromatic N) is 8. The van der Waals surface area contributed by atoms with Crippen LogP contribution in [0.4, 0.5) is 17.1 Å². The average molecular weight is 611 g/mol. The van der Waals surface area contributed by atoms with Gasteiger partial charge >= 0.3 is 0 Å². The van der Waals surface area contributed by atoms with Crippen molar-refractivity contribution in [3.05, 3.63) is 155 Å². The molecule has 0 spiro atoms. The summed E-state index contributed by atoms with van der Waals surface area (Å²) in [6.45, 7) is 23.3. The number of benzene rings is 5. The molecular formula is C40H18N8. The monoisotopic (exact) mass is 610 g/mol. The first-order valence-corrected chi connectivity index (χ1v) is 14.8. The predicted octanol–water partition coefficient (Wildman–Crippen LogP) is 10.3. The smallest absolute Gasteiger partial charge is 0.189 e. The Labute approximate surface area is 274 Å². The Kier molecular flexibility index (Phi) is 6.22. The maximum Gasteiger partial charge on any atom is 0.189 e. The zero-order valence-corrected chi connectivity index (χ0v) is 25.0. The number of hydrogen-bond donors (Lipinski definition) is 0. The predicted molar refractivity (Wildman–Crippen MR) is 187 cm³/mol. The van der Waals surface area contributed by atoms with E-state index in [1.54, 1.807) is 42.7 Å². The summed E-state index contributed by atoms with van der Waals surface area (Å²) < 4.78 is 4.01. The van der Waals surface area contributed by atoms with Crippen LogP contribution in [0.15, 0.2) is 109 Å². The molecule has 48 heavy (non-hydrogen) atoms. The van der Waals surface area contributed by atoms with Crippen molar-refractivity contribution in [3.63, 3.8) is 0 Å². The van der Waals surface area contributed by atoms with Gasteiger partial charge in [-0.2, -0.15) is 10.5 Å². The fraction of sp³-hybridized carbons (Fsp3) is 0. The van der Waals surface area contributed by atoms with Crippen molar-refractivity contribution < 1.29 is 0 Å². The molecule has 3 heterocycles. The number of hydrogen-bond acceptors (Lipinski definition) is 3. The third-order valence-electron chi connectivity index (χ3n) is 8.71. The van der Waals surface area contributed by atoms with Gasteiger partial charge in [-0.1, -0.05) is 60.7 Å². The summed E-state index contributed by atoms with van der Waals surface area (Å²) in [6.07, 6.45) is 3.47. The second-order valence-corrected chi connectivity index (χ2v) is 11.2. The van der Waals surface area contributed by atoms with E-state index in [0.717, 1.165) is 43.6 Å². The van der Waals surface area contributed by atoms with Crippen LogP contribution in [-0.4, -0.2) is 14.1 Å². The van der Waals surface area contributed by atoms with Crippen molar-refractivity contribution in [2.75, 3.05) is 0 Å². The van der Waals surface area contributed by atoms with Gasteiger partial charge in [0.1, 0.15) is 0 Å². The lowest BCUT2D eigenvalue weighted by atomic mass is 9.97. The Morgan fingerprint density at radius 3 is 1.46 bits per heavy atom. The van der Waals surface area contributed by atoms with Crippen LogP contribution in [-0.2, 0) is 0 Å². The summed E-state index contributed by atoms with van der Waals surface area (Å²) in [5, 5.41) is 23.8. The quantitative estimate of drug-likeness (QED) is 0.187. The topological polar surface area (TPSA) is 83.4 Å². The first-order chi connectivity index (χ1) is 23.6. The van der Waals surface area contributed by atoms with Gasteiger partial charge in [-0.3, -0.25) is 4.98 Å². The van der Waals surface area contributed by atoms with Gasteiger partial charge < -0.3 is 9.13 Å². The number of rotatable bonds is 3. The molecule has 0 aliphatic carbocycles. The van der Waals surface area contributed by atoms with Gasteiger partial charge in [0.2, 0.25) is 0 Å². The van der Waals surface area contributed by atoms with Crippen LogP contribution < -0.4 is 0 Å². The van der Waals surface area contributed by atoms with E-state index in [4.69, 9.17) is 24.7 Å². The maximum absolute atomic E-state index is 10.4. The van der Waals surface area contributed by atoms with Crippen molar-refractivity contribution in [1.29, 1.82) is 10.5 Å². The Morgan fingerprint density at radius 1 is 0.542 bits per heavy atom. The largest absolute Gasteiger partial charge is 0.310 e. The highest BCUT2D eigenvalue weighted by Crippen LogP contribution is 2.44. The molecule has 3 aromatic heterocycles. The van der Waals surface area contributed by atoms with Crippen LogP contribution in [0.25, 0.3) is 80.6 Å². The summed E-state index contributed by atoms with van der Waals surface area (Å²) in [4.78, 5) is 15.9. The minimum absolute atomic E-state index is 0.441. The molecule has 0 aliphatic rings. The molecule has 0 unspecified atom stereocenters. The van der Waals surface area contributed by atoms with Gasteiger partial charge in [-0.05, 0) is 36.4 Å². The van der Waals surface area contributed by atoms with Gasteiger partial charge in [0.05, 0.1) is 72.3 Å². The van der Waals surface area contributed by atoms with Crippen molar-refractivity contribution in [3.8, 4) is 34.6 Å². The second-order valence-electron chi connectivity index (χ2n) is 11.2. The maximum atomic E-state index is 10.4. The van der Waals surface area contributed by atoms with Gasteiger partial charge in [-0.15, -0.1) is 0 Å². The van der Waals surface area contributed by atoms with Gasteiger partial charge in [0, 0.05) is 49.2 Å². The third-order valence-corrected chi connectivity index (χ3v) is 8.71. The molecule has 8 heteroatoms. The lowest BCUT2D eigenvalue weighted by molar-refractivity contribution is 1.09. The zero-order chi connectivity index (χ0) is 32.9. The van der Waals surface area contributed by atoms with E-state index >= 15 is 0 Å². The Hall–Kier alpha value is -7.70. The summed E-state index contributed by atoms with van der Waals surface area (Å²) in [7, 11) is 0. The summed E-state index contributed by atoms with van der Waals surface area (Å²) in [5.41, 5.74) is 7.86. The van der Waals surface area contributed by atoms with Gasteiger partial charge in [0.15, 0.2) is 17.1 Å². The van der Waals surface area contributed by atoms with Crippen LogP contribution in [0.3, 0.4) is 0 Å². The number of nitriles is 2. The Balaban J connectivity index is 1.61. The van der Waals surface area contributed by atoms with Crippen LogP contribution in [0.1, 0.15) is 11.1 Å². The standard InChI is InChI=1S/C40H18N8/c1-43-26-9-13-31-30-12-8-24(20-41)16-34(30)47(35(31)17-26)38-22-46-23-39(40(38)29-7-5-4-6-25(29)21-42)48-36-18-27(44-2)10-14-32(36)33-15-11-28(45-3)19-37(33)48/h4-19,22-23H. The van der Waals surface area contributed by atoms with Gasteiger partial charge in [0.25, 0.3) is 0 Å². The molecule has 8 aromatic rings. The summed E-state index contributed by atoms with van der Waals surface area (Å²) in [5.74, 6) is 0. The fourth-order valence-electron chi connectivity index (χ4n) is 6.65. The van der Waals surface area contributed by atoms with Crippen molar-refractivity contribution >= 4 is 60.7 Å². The lowest BCUT2D eigenvalue weighted by Crippen LogP contribution is -2.05. The molecule has 0 atom stereocenters. The fourth-order valence-corrected chi connectivity index (χ4v) is 6.65. The van der Waals surface area contributed by atoms with E-state index in [2.05, 4.69) is 26.7 Å². The van der Waals surface area contributed by atoms with E-state index < -0.39 is 0 Å². The summed E-state index contributed by atoms with van der Waals surface area (Å²) in [6, 6.07) is 34.0. The summed E-state index contributed by atoms with van der Waals surface area (Å²) >= 11 is 0. The highest BCUT2D eigenvalue weighted by molar-refractivity contribution is 6.13. The molecule has 0 aliphatic heterocycles. The van der Waals surface area contributed by atoms with Crippen molar-refractivity contribution in [2.24, 2.45) is 0 Å². The molecule has 0 N–H and O–H groups in total. The van der Waals surface area contributed by atoms with Crippen molar-refractivity contribution in [2.45, 2.75) is 0 Å². The van der Waals surface area contributed by atoms with Crippen LogP contribution >= 0.6 is 0 Å². The number of pyridine rings is 1. The van der Waals surface area contributed by atoms with E-state index in [1.165, 1.54) is 0 Å². The average Bonchev–Trinajstić information content (AvgIpc) is 3.64. The van der Waals surface area contributed by atoms with Crippen LogP contribution in [0, 0.1) is 42.4 Å². The third kappa shape index (κ3) is 4.01. The normalized spacial score (nSPS) is 10.8. The SMILES string of the molecule is [C-]#[N+]c1ccc2c3ccc(C#N)cc3n(-c3cncc(-n4c5cc([N+]#[C-])ccc5c5ccc([N+]#[C-])cc54)c3-c3ccccc3C#N)c2c1. The highest BCUT2D eigenvalue weighted by atomic mass is 15.0. The molecule has 0 saturated heterocycles. The lowest BCUT2D eigenvalue weighted by Gasteiger charge is -2.20. The molecule has 0 saturated carbocycles. The Bertz CT molecular complexity index is 2600. The zero-order valence-electron chi connectivity index (χ0n) is 25.0. The van der Waals surface area contributed by atoms with E-state index in [1.807, 2.05) is 75.9 Å². The second kappa shape index (κ2) is 10.7. The molecule has 0 radical (unpaired) electrons. The molecular weight excluding hydrogens is 592 g/mol. The molecule has 8 rings (SSSR count). The minimum atomic E-state index is 0.441. The molecule has 5 aromatic carbocycles. The first-order valence-electron chi connectivity index (χ1n) is 14.8. The molecule has 0 bridgehead atoms. The number of aromatic nitrogens is 3. The minimum Gasteiger partial charge on any atom is -0.310 e.